The predicted molar refractivity (Wildman–Crippen MR) is 133 cm³/mol. The Hall–Kier alpha value is -3.46. The molecule has 3 heteroatoms. The van der Waals surface area contributed by atoms with Gasteiger partial charge in [0.05, 0.1) is 16.8 Å². The van der Waals surface area contributed by atoms with Crippen LogP contribution in [-0.2, 0) is 19.4 Å². The Labute approximate surface area is 190 Å². The first-order valence-electron chi connectivity index (χ1n) is 11.5. The molecule has 0 fully saturated rings. The van der Waals surface area contributed by atoms with Crippen LogP contribution >= 0.6 is 0 Å². The van der Waals surface area contributed by atoms with E-state index >= 15 is 0 Å². The van der Waals surface area contributed by atoms with Crippen molar-refractivity contribution in [2.75, 3.05) is 0 Å². The molecule has 0 atom stereocenters. The maximum absolute atomic E-state index is 13.7. The molecule has 32 heavy (non-hydrogen) atoms. The fraction of sp³-hybridized carbons (Fsp3) is 0.241. The Kier molecular flexibility index (Phi) is 6.96. The SMILES string of the molecule is CCCCc1c(-c2ccccc2)nc2ccccc2c1C(=O)NCc1ccccc1CC. The largest absolute Gasteiger partial charge is 0.348 e. The number of rotatable bonds is 8. The first-order valence-corrected chi connectivity index (χ1v) is 11.5. The van der Waals surface area contributed by atoms with E-state index in [1.807, 2.05) is 48.5 Å². The Bertz CT molecular complexity index is 1210. The molecule has 162 valence electrons. The lowest BCUT2D eigenvalue weighted by molar-refractivity contribution is 0.0951. The van der Waals surface area contributed by atoms with E-state index in [0.717, 1.165) is 59.0 Å². The molecule has 4 aromatic rings. The van der Waals surface area contributed by atoms with Gasteiger partial charge in [0.1, 0.15) is 0 Å². The number of hydrogen-bond acceptors (Lipinski definition) is 2. The van der Waals surface area contributed by atoms with Gasteiger partial charge in [-0.3, -0.25) is 4.79 Å². The van der Waals surface area contributed by atoms with Crippen molar-refractivity contribution in [3.05, 3.63) is 101 Å². The molecular weight excluding hydrogens is 392 g/mol. The minimum atomic E-state index is -0.0298. The zero-order chi connectivity index (χ0) is 22.3. The van der Waals surface area contributed by atoms with Crippen molar-refractivity contribution in [2.24, 2.45) is 0 Å². The van der Waals surface area contributed by atoms with Crippen molar-refractivity contribution in [3.8, 4) is 11.3 Å². The first-order chi connectivity index (χ1) is 15.7. The van der Waals surface area contributed by atoms with Crippen LogP contribution in [0.1, 0.15) is 53.7 Å². The molecule has 0 saturated heterocycles. The Morgan fingerprint density at radius 2 is 1.53 bits per heavy atom. The molecule has 0 saturated carbocycles. The lowest BCUT2D eigenvalue weighted by Crippen LogP contribution is -2.25. The fourth-order valence-electron chi connectivity index (χ4n) is 4.28. The molecule has 1 aromatic heterocycles. The molecule has 1 heterocycles. The van der Waals surface area contributed by atoms with Gasteiger partial charge in [-0.2, -0.15) is 0 Å². The Morgan fingerprint density at radius 1 is 0.844 bits per heavy atom. The molecule has 0 unspecified atom stereocenters. The number of pyridine rings is 1. The summed E-state index contributed by atoms with van der Waals surface area (Å²) in [7, 11) is 0. The van der Waals surface area contributed by atoms with Crippen LogP contribution in [0, 0.1) is 0 Å². The highest BCUT2D eigenvalue weighted by atomic mass is 16.1. The number of nitrogens with one attached hydrogen (secondary N) is 1. The topological polar surface area (TPSA) is 42.0 Å². The minimum Gasteiger partial charge on any atom is -0.348 e. The normalized spacial score (nSPS) is 10.9. The summed E-state index contributed by atoms with van der Waals surface area (Å²) in [4.78, 5) is 18.7. The molecule has 3 nitrogen and oxygen atoms in total. The lowest BCUT2D eigenvalue weighted by atomic mass is 9.92. The van der Waals surface area contributed by atoms with E-state index in [-0.39, 0.29) is 5.91 Å². The van der Waals surface area contributed by atoms with Crippen molar-refractivity contribution in [2.45, 2.75) is 46.1 Å². The third-order valence-electron chi connectivity index (χ3n) is 5.99. The average Bonchev–Trinajstić information content (AvgIpc) is 2.85. The van der Waals surface area contributed by atoms with Gasteiger partial charge in [-0.25, -0.2) is 4.98 Å². The van der Waals surface area contributed by atoms with E-state index in [0.29, 0.717) is 6.54 Å². The van der Waals surface area contributed by atoms with Gasteiger partial charge in [0.2, 0.25) is 0 Å². The van der Waals surface area contributed by atoms with Crippen LogP contribution in [0.25, 0.3) is 22.2 Å². The molecule has 4 rings (SSSR count). The van der Waals surface area contributed by atoms with Gasteiger partial charge in [-0.15, -0.1) is 0 Å². The van der Waals surface area contributed by atoms with Crippen molar-refractivity contribution in [3.63, 3.8) is 0 Å². The third-order valence-corrected chi connectivity index (χ3v) is 5.99. The monoisotopic (exact) mass is 422 g/mol. The number of aryl methyl sites for hydroxylation is 1. The van der Waals surface area contributed by atoms with E-state index in [1.165, 1.54) is 11.1 Å². The predicted octanol–water partition coefficient (Wildman–Crippen LogP) is 6.74. The zero-order valence-corrected chi connectivity index (χ0v) is 18.9. The molecule has 1 N–H and O–H groups in total. The summed E-state index contributed by atoms with van der Waals surface area (Å²) in [6.45, 7) is 4.84. The summed E-state index contributed by atoms with van der Waals surface area (Å²) in [5.41, 5.74) is 7.05. The van der Waals surface area contributed by atoms with Crippen LogP contribution in [0.4, 0.5) is 0 Å². The minimum absolute atomic E-state index is 0.0298. The number of unbranched alkanes of at least 4 members (excludes halogenated alkanes) is 1. The van der Waals surface area contributed by atoms with Gasteiger partial charge in [-0.1, -0.05) is 93.1 Å². The number of fused-ring (bicyclic) bond motifs is 1. The first kappa shape index (κ1) is 21.8. The zero-order valence-electron chi connectivity index (χ0n) is 18.9. The molecule has 0 aliphatic carbocycles. The maximum atomic E-state index is 13.7. The average molecular weight is 423 g/mol. The molecular formula is C29H30N2O. The van der Waals surface area contributed by atoms with E-state index in [9.17, 15) is 4.79 Å². The van der Waals surface area contributed by atoms with Crippen LogP contribution in [-0.4, -0.2) is 10.9 Å². The fourth-order valence-corrected chi connectivity index (χ4v) is 4.28. The second-order valence-corrected chi connectivity index (χ2v) is 8.11. The summed E-state index contributed by atoms with van der Waals surface area (Å²) in [6, 6.07) is 26.5. The molecule has 3 aromatic carbocycles. The smallest absolute Gasteiger partial charge is 0.252 e. The van der Waals surface area contributed by atoms with E-state index in [2.05, 4.69) is 49.5 Å². The van der Waals surface area contributed by atoms with E-state index in [4.69, 9.17) is 4.98 Å². The van der Waals surface area contributed by atoms with Crippen molar-refractivity contribution in [1.82, 2.24) is 10.3 Å². The van der Waals surface area contributed by atoms with Crippen molar-refractivity contribution >= 4 is 16.8 Å². The van der Waals surface area contributed by atoms with Crippen LogP contribution in [0.2, 0.25) is 0 Å². The lowest BCUT2D eigenvalue weighted by Gasteiger charge is -2.18. The standard InChI is InChI=1S/C29H30N2O/c1-3-5-17-25-27(29(32)30-20-23-16-10-9-13-21(23)4-2)24-18-11-12-19-26(24)31-28(25)22-14-7-6-8-15-22/h6-16,18-19H,3-5,17,20H2,1-2H3,(H,30,32). The molecule has 0 aliphatic heterocycles. The molecule has 0 aliphatic rings. The second-order valence-electron chi connectivity index (χ2n) is 8.11. The number of aromatic nitrogens is 1. The van der Waals surface area contributed by atoms with Gasteiger partial charge >= 0.3 is 0 Å². The summed E-state index contributed by atoms with van der Waals surface area (Å²) in [6.07, 6.45) is 3.85. The molecule has 0 spiro atoms. The van der Waals surface area contributed by atoms with Gasteiger partial charge in [0, 0.05) is 17.5 Å². The van der Waals surface area contributed by atoms with Crippen LogP contribution in [0.3, 0.4) is 0 Å². The van der Waals surface area contributed by atoms with Crippen molar-refractivity contribution < 1.29 is 4.79 Å². The van der Waals surface area contributed by atoms with E-state index in [1.54, 1.807) is 0 Å². The third kappa shape index (κ3) is 4.57. The molecule has 1 amide bonds. The number of carbonyl (C=O) groups excluding carboxylic acids is 1. The van der Waals surface area contributed by atoms with Gasteiger partial charge < -0.3 is 5.32 Å². The van der Waals surface area contributed by atoms with E-state index < -0.39 is 0 Å². The van der Waals surface area contributed by atoms with Gasteiger partial charge in [0.25, 0.3) is 5.91 Å². The summed E-state index contributed by atoms with van der Waals surface area (Å²) >= 11 is 0. The Morgan fingerprint density at radius 3 is 2.28 bits per heavy atom. The summed E-state index contributed by atoms with van der Waals surface area (Å²) in [5.74, 6) is -0.0298. The summed E-state index contributed by atoms with van der Waals surface area (Å²) < 4.78 is 0. The quantitative estimate of drug-likeness (QED) is 0.342. The highest BCUT2D eigenvalue weighted by molar-refractivity contribution is 6.09. The highest BCUT2D eigenvalue weighted by Gasteiger charge is 2.21. The molecule has 0 bridgehead atoms. The number of nitrogens with zero attached hydrogens (tertiary/aromatic N) is 1. The maximum Gasteiger partial charge on any atom is 0.252 e. The van der Waals surface area contributed by atoms with Crippen molar-refractivity contribution in [1.29, 1.82) is 0 Å². The second kappa shape index (κ2) is 10.2. The number of benzene rings is 3. The van der Waals surface area contributed by atoms with Crippen LogP contribution < -0.4 is 5.32 Å². The number of hydrogen-bond donors (Lipinski definition) is 1. The van der Waals surface area contributed by atoms with Crippen LogP contribution in [0.5, 0.6) is 0 Å². The number of carbonyl (C=O) groups is 1. The van der Waals surface area contributed by atoms with Gasteiger partial charge in [0.15, 0.2) is 0 Å². The number of amides is 1. The molecule has 0 radical (unpaired) electrons. The summed E-state index contributed by atoms with van der Waals surface area (Å²) in [5, 5.41) is 4.13. The van der Waals surface area contributed by atoms with Gasteiger partial charge in [-0.05, 0) is 42.0 Å². The van der Waals surface area contributed by atoms with Crippen LogP contribution in [0.15, 0.2) is 78.9 Å². The Balaban J connectivity index is 1.81. The number of para-hydroxylation sites is 1. The highest BCUT2D eigenvalue weighted by Crippen LogP contribution is 2.31.